The van der Waals surface area contributed by atoms with Gasteiger partial charge in [0.2, 0.25) is 17.3 Å². The van der Waals surface area contributed by atoms with Gasteiger partial charge in [0.15, 0.2) is 11.5 Å². The maximum absolute atomic E-state index is 10.9. The van der Waals surface area contributed by atoms with Crippen LogP contribution in [0.3, 0.4) is 0 Å². The number of nitro benzene ring substituents is 1. The van der Waals surface area contributed by atoms with E-state index in [-0.39, 0.29) is 5.69 Å². The largest absolute Gasteiger partial charge is 0.455 e. The second-order valence-electron chi connectivity index (χ2n) is 6.65. The molecule has 2 aromatic heterocycles. The standard InChI is InChI=1S/C21H15N5O4S/c1-31-21-23-20-18(24-25-21)14-4-2-3-5-15(14)22-19(30-20)17-11-10-16(29-17)12-6-8-13(9-7-12)26(27)28/h2-11,19,22H,1H3/t19-/m0/s1. The molecular formula is C21H15N5O4S. The third-order valence-electron chi connectivity index (χ3n) is 4.76. The molecule has 154 valence electrons. The van der Waals surface area contributed by atoms with Gasteiger partial charge in [-0.25, -0.2) is 0 Å². The first-order valence-corrected chi connectivity index (χ1v) is 10.5. The van der Waals surface area contributed by atoms with Gasteiger partial charge in [0.05, 0.1) is 4.92 Å². The smallest absolute Gasteiger partial charge is 0.269 e. The van der Waals surface area contributed by atoms with Crippen LogP contribution in [0.4, 0.5) is 11.4 Å². The molecule has 1 aliphatic heterocycles. The summed E-state index contributed by atoms with van der Waals surface area (Å²) in [5.74, 6) is 1.45. The van der Waals surface area contributed by atoms with Crippen molar-refractivity contribution in [1.29, 1.82) is 0 Å². The second-order valence-corrected chi connectivity index (χ2v) is 7.42. The molecule has 0 bridgehead atoms. The van der Waals surface area contributed by atoms with Gasteiger partial charge in [-0.15, -0.1) is 10.2 Å². The van der Waals surface area contributed by atoms with Crippen LogP contribution >= 0.6 is 11.8 Å². The van der Waals surface area contributed by atoms with E-state index in [1.807, 2.05) is 30.5 Å². The third kappa shape index (κ3) is 3.57. The Balaban J connectivity index is 1.52. The lowest BCUT2D eigenvalue weighted by molar-refractivity contribution is -0.384. The van der Waals surface area contributed by atoms with Crippen LogP contribution in [0.1, 0.15) is 12.0 Å². The van der Waals surface area contributed by atoms with Crippen LogP contribution in [0, 0.1) is 10.1 Å². The van der Waals surface area contributed by atoms with E-state index in [0.29, 0.717) is 28.3 Å². The quantitative estimate of drug-likeness (QED) is 0.271. The van der Waals surface area contributed by atoms with E-state index in [4.69, 9.17) is 9.15 Å². The van der Waals surface area contributed by atoms with E-state index in [9.17, 15) is 10.1 Å². The van der Waals surface area contributed by atoms with Crippen molar-refractivity contribution >= 4 is 23.1 Å². The summed E-state index contributed by atoms with van der Waals surface area (Å²) in [6, 6.07) is 17.4. The van der Waals surface area contributed by atoms with Gasteiger partial charge in [-0.3, -0.25) is 10.1 Å². The Hall–Kier alpha value is -3.92. The Labute approximate surface area is 180 Å². The van der Waals surface area contributed by atoms with Crippen molar-refractivity contribution in [2.75, 3.05) is 11.6 Å². The lowest BCUT2D eigenvalue weighted by atomic mass is 10.1. The minimum atomic E-state index is -0.652. The number of nitro groups is 1. The molecule has 0 radical (unpaired) electrons. The van der Waals surface area contributed by atoms with Gasteiger partial charge in [-0.2, -0.15) is 4.98 Å². The fourth-order valence-electron chi connectivity index (χ4n) is 3.26. The van der Waals surface area contributed by atoms with Gasteiger partial charge in [-0.05, 0) is 36.6 Å². The highest BCUT2D eigenvalue weighted by molar-refractivity contribution is 7.98. The topological polar surface area (TPSA) is 116 Å². The highest BCUT2D eigenvalue weighted by atomic mass is 32.2. The number of nitrogens with zero attached hydrogens (tertiary/aromatic N) is 4. The minimum Gasteiger partial charge on any atom is -0.455 e. The van der Waals surface area contributed by atoms with Crippen LogP contribution in [0.15, 0.2) is 70.2 Å². The molecule has 1 N–H and O–H groups in total. The number of rotatable bonds is 4. The Kier molecular flexibility index (Phi) is 4.75. The van der Waals surface area contributed by atoms with Gasteiger partial charge < -0.3 is 14.5 Å². The molecule has 2 aromatic carbocycles. The monoisotopic (exact) mass is 433 g/mol. The number of fused-ring (bicyclic) bond motifs is 3. The summed E-state index contributed by atoms with van der Waals surface area (Å²) < 4.78 is 12.2. The van der Waals surface area contributed by atoms with Gasteiger partial charge in [0.25, 0.3) is 5.69 Å². The normalized spacial score (nSPS) is 14.5. The maximum atomic E-state index is 10.9. The molecule has 9 nitrogen and oxygen atoms in total. The van der Waals surface area contributed by atoms with Gasteiger partial charge in [-0.1, -0.05) is 30.0 Å². The molecule has 4 aromatic rings. The Morgan fingerprint density at radius 1 is 1.06 bits per heavy atom. The molecule has 5 rings (SSSR count). The first-order chi connectivity index (χ1) is 15.1. The molecule has 1 aliphatic rings. The number of non-ortho nitro benzene ring substituents is 1. The molecule has 0 unspecified atom stereocenters. The molecule has 10 heteroatoms. The van der Waals surface area contributed by atoms with Crippen molar-refractivity contribution in [2.45, 2.75) is 11.4 Å². The van der Waals surface area contributed by atoms with Crippen LogP contribution in [0.5, 0.6) is 5.88 Å². The summed E-state index contributed by atoms with van der Waals surface area (Å²) in [4.78, 5) is 14.9. The van der Waals surface area contributed by atoms with Crippen LogP contribution in [-0.4, -0.2) is 26.4 Å². The van der Waals surface area contributed by atoms with E-state index >= 15 is 0 Å². The average Bonchev–Trinajstić information content (AvgIpc) is 3.23. The zero-order valence-electron chi connectivity index (χ0n) is 16.2. The average molecular weight is 433 g/mol. The number of hydrogen-bond donors (Lipinski definition) is 1. The number of furan rings is 1. The number of hydrogen-bond acceptors (Lipinski definition) is 9. The highest BCUT2D eigenvalue weighted by Gasteiger charge is 2.28. The van der Waals surface area contributed by atoms with Crippen LogP contribution in [-0.2, 0) is 0 Å². The molecule has 0 aliphatic carbocycles. The number of nitrogens with one attached hydrogen (secondary N) is 1. The van der Waals surface area contributed by atoms with Crippen molar-refractivity contribution < 1.29 is 14.1 Å². The zero-order chi connectivity index (χ0) is 21.4. The minimum absolute atomic E-state index is 0.0225. The predicted octanol–water partition coefficient (Wildman–Crippen LogP) is 4.93. The number of anilines is 1. The Morgan fingerprint density at radius 2 is 1.87 bits per heavy atom. The van der Waals surface area contributed by atoms with Crippen LogP contribution in [0.25, 0.3) is 22.6 Å². The summed E-state index contributed by atoms with van der Waals surface area (Å²) in [6.45, 7) is 0. The fraction of sp³-hybridized carbons (Fsp3) is 0.0952. The van der Waals surface area contributed by atoms with E-state index < -0.39 is 11.2 Å². The van der Waals surface area contributed by atoms with Crippen LogP contribution < -0.4 is 10.1 Å². The molecule has 0 amide bonds. The Morgan fingerprint density at radius 3 is 2.65 bits per heavy atom. The van der Waals surface area contributed by atoms with Gasteiger partial charge in [0.1, 0.15) is 5.76 Å². The summed E-state index contributed by atoms with van der Waals surface area (Å²) >= 11 is 1.37. The number of aromatic nitrogens is 3. The number of benzene rings is 2. The molecule has 3 heterocycles. The summed E-state index contributed by atoms with van der Waals surface area (Å²) in [6.07, 6.45) is 1.22. The van der Waals surface area contributed by atoms with Crippen molar-refractivity contribution in [3.8, 4) is 28.5 Å². The van der Waals surface area contributed by atoms with Crippen molar-refractivity contribution in [3.05, 3.63) is 76.5 Å². The second kappa shape index (κ2) is 7.73. The lowest BCUT2D eigenvalue weighted by Gasteiger charge is -2.16. The molecule has 1 atom stereocenters. The first kappa shape index (κ1) is 19.1. The van der Waals surface area contributed by atoms with E-state index in [1.54, 1.807) is 24.3 Å². The van der Waals surface area contributed by atoms with Crippen molar-refractivity contribution in [2.24, 2.45) is 0 Å². The molecule has 0 fully saturated rings. The first-order valence-electron chi connectivity index (χ1n) is 9.28. The van der Waals surface area contributed by atoms with E-state index in [0.717, 1.165) is 16.8 Å². The van der Waals surface area contributed by atoms with Gasteiger partial charge in [0, 0.05) is 28.9 Å². The number of thioether (sulfide) groups is 1. The van der Waals surface area contributed by atoms with Crippen molar-refractivity contribution in [1.82, 2.24) is 15.2 Å². The summed E-state index contributed by atoms with van der Waals surface area (Å²) in [7, 11) is 0. The highest BCUT2D eigenvalue weighted by Crippen LogP contribution is 2.40. The maximum Gasteiger partial charge on any atom is 0.269 e. The zero-order valence-corrected chi connectivity index (χ0v) is 17.0. The SMILES string of the molecule is CSc1nnc2c(n1)O[C@@H](c1ccc(-c3ccc([N+](=O)[O-])cc3)o1)Nc1ccccc1-2. The van der Waals surface area contributed by atoms with Gasteiger partial charge >= 0.3 is 0 Å². The molecule has 31 heavy (non-hydrogen) atoms. The van der Waals surface area contributed by atoms with E-state index in [2.05, 4.69) is 20.5 Å². The fourth-order valence-corrected chi connectivity index (χ4v) is 3.56. The summed E-state index contributed by atoms with van der Waals surface area (Å²) in [5.41, 5.74) is 2.93. The molecule has 0 saturated heterocycles. The third-order valence-corrected chi connectivity index (χ3v) is 5.30. The van der Waals surface area contributed by atoms with E-state index in [1.165, 1.54) is 23.9 Å². The number of ether oxygens (including phenoxy) is 1. The molecule has 0 spiro atoms. The number of para-hydroxylation sites is 1. The summed E-state index contributed by atoms with van der Waals surface area (Å²) in [5, 5.41) is 23.2. The van der Waals surface area contributed by atoms with Crippen molar-refractivity contribution in [3.63, 3.8) is 0 Å². The predicted molar refractivity (Wildman–Crippen MR) is 115 cm³/mol. The lowest BCUT2D eigenvalue weighted by Crippen LogP contribution is -2.16. The van der Waals surface area contributed by atoms with Crippen LogP contribution in [0.2, 0.25) is 0 Å². The Bertz CT molecular complexity index is 1280. The molecule has 0 saturated carbocycles. The molecular weight excluding hydrogens is 418 g/mol.